The number of hydrogen-bond acceptors (Lipinski definition) is 4. The molecule has 1 atom stereocenters. The Morgan fingerprint density at radius 1 is 1.11 bits per heavy atom. The van der Waals surface area contributed by atoms with Gasteiger partial charge in [0, 0.05) is 12.3 Å². The number of carboxylic acids is 2. The first kappa shape index (κ1) is 14.9. The monoisotopic (exact) mass is 260 g/mol. The number of aliphatic carboxylic acids is 2. The van der Waals surface area contributed by atoms with E-state index in [1.54, 1.807) is 0 Å². The smallest absolute Gasteiger partial charge is 0.370 e. The Kier molecular flexibility index (Phi) is 5.55. The van der Waals surface area contributed by atoms with Gasteiger partial charge in [0.25, 0.3) is 0 Å². The summed E-state index contributed by atoms with van der Waals surface area (Å²) in [6.07, 6.45) is 4.54. The molecule has 1 fully saturated rings. The lowest BCUT2D eigenvalue weighted by Gasteiger charge is -2.17. The molecule has 0 spiro atoms. The summed E-state index contributed by atoms with van der Waals surface area (Å²) in [5.74, 6) is -3.60. The van der Waals surface area contributed by atoms with Crippen molar-refractivity contribution in [3.05, 3.63) is 0 Å². The maximum Gasteiger partial charge on any atom is 0.370 e. The Labute approximate surface area is 106 Å². The maximum atomic E-state index is 11.1. The van der Waals surface area contributed by atoms with Crippen LogP contribution < -0.4 is 0 Å². The number of unbranched alkanes of at least 4 members (excludes halogenated alkanes) is 2. The van der Waals surface area contributed by atoms with E-state index in [9.17, 15) is 9.59 Å². The van der Waals surface area contributed by atoms with Crippen molar-refractivity contribution in [3.63, 3.8) is 0 Å². The summed E-state index contributed by atoms with van der Waals surface area (Å²) in [4.78, 5) is 30.8. The van der Waals surface area contributed by atoms with Gasteiger partial charge in [0.1, 0.15) is 0 Å². The van der Waals surface area contributed by atoms with E-state index in [0.717, 1.165) is 19.3 Å². The van der Waals surface area contributed by atoms with Crippen molar-refractivity contribution in [3.8, 4) is 0 Å². The molecule has 0 bridgehead atoms. The fourth-order valence-electron chi connectivity index (χ4n) is 2.07. The highest BCUT2D eigenvalue weighted by Gasteiger charge is 2.62. The molecule has 2 N–H and O–H groups in total. The average Bonchev–Trinajstić information content (AvgIpc) is 3.09. The van der Waals surface area contributed by atoms with E-state index in [1.165, 1.54) is 0 Å². The van der Waals surface area contributed by atoms with Crippen molar-refractivity contribution in [1.29, 1.82) is 0 Å². The van der Waals surface area contributed by atoms with Crippen molar-refractivity contribution < 1.29 is 29.6 Å². The first-order valence-corrected chi connectivity index (χ1v) is 6.35. The second-order valence-corrected chi connectivity index (χ2v) is 4.62. The van der Waals surface area contributed by atoms with Gasteiger partial charge in [-0.15, -0.1) is 0 Å². The van der Waals surface area contributed by atoms with Gasteiger partial charge in [0.2, 0.25) is 0 Å². The van der Waals surface area contributed by atoms with Crippen LogP contribution in [0.5, 0.6) is 0 Å². The van der Waals surface area contributed by atoms with Gasteiger partial charge in [-0.1, -0.05) is 26.2 Å². The summed E-state index contributed by atoms with van der Waals surface area (Å²) in [6, 6.07) is 0. The van der Waals surface area contributed by atoms with Crippen molar-refractivity contribution >= 4 is 11.9 Å². The van der Waals surface area contributed by atoms with E-state index >= 15 is 0 Å². The fourth-order valence-corrected chi connectivity index (χ4v) is 2.07. The molecule has 0 radical (unpaired) electrons. The third-order valence-corrected chi connectivity index (χ3v) is 3.20. The standard InChI is InChI=1S/C12H20O6/c1-2-3-6-9(7-4-5-8-10(13)14)12(11(15)16)17-18-12/h9H,2-8H2,1H3,(H,13,14)(H,15,16). The predicted molar refractivity (Wildman–Crippen MR) is 61.7 cm³/mol. The van der Waals surface area contributed by atoms with Gasteiger partial charge in [0.05, 0.1) is 0 Å². The Hall–Kier alpha value is -1.14. The zero-order valence-electron chi connectivity index (χ0n) is 10.6. The summed E-state index contributed by atoms with van der Waals surface area (Å²) in [6.45, 7) is 2.03. The van der Waals surface area contributed by atoms with Gasteiger partial charge in [-0.3, -0.25) is 4.79 Å². The lowest BCUT2D eigenvalue weighted by molar-refractivity contribution is -0.147. The first-order valence-electron chi connectivity index (χ1n) is 6.35. The minimum atomic E-state index is -1.47. The zero-order chi connectivity index (χ0) is 13.6. The highest BCUT2D eigenvalue weighted by atomic mass is 17.4. The third kappa shape index (κ3) is 3.96. The number of carbonyl (C=O) groups is 2. The van der Waals surface area contributed by atoms with Crippen LogP contribution in [0.4, 0.5) is 0 Å². The molecule has 6 heteroatoms. The van der Waals surface area contributed by atoms with Crippen LogP contribution in [-0.4, -0.2) is 27.9 Å². The van der Waals surface area contributed by atoms with Crippen LogP contribution in [0, 0.1) is 5.92 Å². The number of carboxylic acid groups (broad SMARTS) is 2. The van der Waals surface area contributed by atoms with Gasteiger partial charge in [-0.2, -0.15) is 9.78 Å². The molecular formula is C12H20O6. The molecule has 1 unspecified atom stereocenters. The van der Waals surface area contributed by atoms with E-state index in [-0.39, 0.29) is 12.3 Å². The van der Waals surface area contributed by atoms with Crippen LogP contribution in [-0.2, 0) is 19.4 Å². The molecular weight excluding hydrogens is 240 g/mol. The van der Waals surface area contributed by atoms with Crippen LogP contribution in [0.2, 0.25) is 0 Å². The summed E-state index contributed by atoms with van der Waals surface area (Å²) in [5.41, 5.74) is 0. The van der Waals surface area contributed by atoms with Crippen molar-refractivity contribution in [2.24, 2.45) is 5.92 Å². The molecule has 1 heterocycles. The summed E-state index contributed by atoms with van der Waals surface area (Å²) in [7, 11) is 0. The Balaban J connectivity index is 2.41. The molecule has 0 saturated carbocycles. The molecule has 6 nitrogen and oxygen atoms in total. The molecule has 0 aromatic carbocycles. The minimum Gasteiger partial charge on any atom is -0.481 e. The lowest BCUT2D eigenvalue weighted by Crippen LogP contribution is -2.33. The van der Waals surface area contributed by atoms with Crippen molar-refractivity contribution in [2.45, 2.75) is 57.7 Å². The molecule has 1 aliphatic rings. The molecule has 0 amide bonds. The molecule has 1 aliphatic heterocycles. The molecule has 1 rings (SSSR count). The van der Waals surface area contributed by atoms with Gasteiger partial charge in [-0.25, -0.2) is 4.79 Å². The Morgan fingerprint density at radius 2 is 1.72 bits per heavy atom. The SMILES string of the molecule is CCCCC(CCCCC(=O)O)C1(C(=O)O)OO1. The molecule has 104 valence electrons. The topological polar surface area (TPSA) is 99.7 Å². The molecule has 0 aromatic heterocycles. The summed E-state index contributed by atoms with van der Waals surface area (Å²) >= 11 is 0. The summed E-state index contributed by atoms with van der Waals surface area (Å²) in [5, 5.41) is 17.6. The highest BCUT2D eigenvalue weighted by molar-refractivity contribution is 5.77. The van der Waals surface area contributed by atoms with E-state index in [1.807, 2.05) is 6.92 Å². The van der Waals surface area contributed by atoms with E-state index < -0.39 is 17.7 Å². The van der Waals surface area contributed by atoms with Crippen molar-refractivity contribution in [2.75, 3.05) is 0 Å². The minimum absolute atomic E-state index is 0.113. The first-order chi connectivity index (χ1) is 8.53. The third-order valence-electron chi connectivity index (χ3n) is 3.20. The van der Waals surface area contributed by atoms with Gasteiger partial charge in [-0.05, 0) is 19.3 Å². The van der Waals surface area contributed by atoms with Crippen LogP contribution in [0.1, 0.15) is 51.9 Å². The van der Waals surface area contributed by atoms with Gasteiger partial charge >= 0.3 is 17.7 Å². The average molecular weight is 260 g/mol. The van der Waals surface area contributed by atoms with E-state index in [2.05, 4.69) is 9.78 Å². The molecule has 0 aliphatic carbocycles. The predicted octanol–water partition coefficient (Wildman–Crippen LogP) is 2.18. The van der Waals surface area contributed by atoms with Crippen LogP contribution in [0.25, 0.3) is 0 Å². The van der Waals surface area contributed by atoms with E-state index in [4.69, 9.17) is 10.2 Å². The zero-order valence-corrected chi connectivity index (χ0v) is 10.6. The molecule has 0 aromatic rings. The van der Waals surface area contributed by atoms with Crippen molar-refractivity contribution in [1.82, 2.24) is 0 Å². The largest absolute Gasteiger partial charge is 0.481 e. The van der Waals surface area contributed by atoms with Gasteiger partial charge in [0.15, 0.2) is 0 Å². The Bertz CT molecular complexity index is 297. The lowest BCUT2D eigenvalue weighted by atomic mass is 9.88. The maximum absolute atomic E-state index is 11.1. The second-order valence-electron chi connectivity index (χ2n) is 4.62. The fraction of sp³-hybridized carbons (Fsp3) is 0.833. The summed E-state index contributed by atoms with van der Waals surface area (Å²) < 4.78 is 0. The second kappa shape index (κ2) is 6.70. The van der Waals surface area contributed by atoms with Gasteiger partial charge < -0.3 is 10.2 Å². The molecule has 18 heavy (non-hydrogen) atoms. The Morgan fingerprint density at radius 3 is 2.17 bits per heavy atom. The highest BCUT2D eigenvalue weighted by Crippen LogP contribution is 2.43. The molecule has 1 saturated heterocycles. The normalized spacial score (nSPS) is 18.3. The van der Waals surface area contributed by atoms with Crippen LogP contribution in [0.3, 0.4) is 0 Å². The number of rotatable bonds is 10. The van der Waals surface area contributed by atoms with Crippen LogP contribution in [0.15, 0.2) is 0 Å². The quantitative estimate of drug-likeness (QED) is 0.355. The van der Waals surface area contributed by atoms with E-state index in [0.29, 0.717) is 19.3 Å². The van der Waals surface area contributed by atoms with Crippen LogP contribution >= 0.6 is 0 Å². The number of hydrogen-bond donors (Lipinski definition) is 2.